The monoisotopic (exact) mass is 440 g/mol. The molecule has 5 aromatic rings. The van der Waals surface area contributed by atoms with E-state index >= 15 is 0 Å². The van der Waals surface area contributed by atoms with E-state index in [1.165, 1.54) is 4.57 Å². The lowest BCUT2D eigenvalue weighted by Gasteiger charge is -2.12. The summed E-state index contributed by atoms with van der Waals surface area (Å²) in [5.74, 6) is 1.75. The normalized spacial score (nSPS) is 11.1. The summed E-state index contributed by atoms with van der Waals surface area (Å²) in [5, 5.41) is 7.61. The summed E-state index contributed by atoms with van der Waals surface area (Å²) >= 11 is 0. The fourth-order valence-corrected chi connectivity index (χ4v) is 3.71. The molecule has 1 amide bonds. The Labute approximate surface area is 188 Å². The van der Waals surface area contributed by atoms with Crippen LogP contribution in [0.15, 0.2) is 70.1 Å². The quantitative estimate of drug-likeness (QED) is 0.457. The molecular weight excluding hydrogens is 420 g/mol. The highest BCUT2D eigenvalue weighted by atomic mass is 16.4. The van der Waals surface area contributed by atoms with Gasteiger partial charge in [0, 0.05) is 12.6 Å². The van der Waals surface area contributed by atoms with Crippen LogP contribution in [0.5, 0.6) is 0 Å². The number of nitrogens with one attached hydrogen (secondary N) is 1. The number of hydrogen-bond acceptors (Lipinski definition) is 6. The smallest absolute Gasteiger partial charge is 0.265 e. The van der Waals surface area contributed by atoms with Crippen LogP contribution in [0.1, 0.15) is 21.9 Å². The van der Waals surface area contributed by atoms with E-state index in [1.54, 1.807) is 68.3 Å². The van der Waals surface area contributed by atoms with Crippen LogP contribution in [0.25, 0.3) is 28.0 Å². The van der Waals surface area contributed by atoms with Crippen molar-refractivity contribution >= 4 is 22.6 Å². The SMILES string of the molecule is Cc1cnc(-c2cnn(C)c2NC(=O)c2ccc(-n3c(C)nc4ccccc4c3=O)cc2)o1. The van der Waals surface area contributed by atoms with Crippen molar-refractivity contribution in [3.8, 4) is 17.1 Å². The van der Waals surface area contributed by atoms with Crippen LogP contribution in [-0.2, 0) is 7.05 Å². The molecule has 1 N–H and O–H groups in total. The average Bonchev–Trinajstić information content (AvgIpc) is 3.39. The molecule has 0 aliphatic carbocycles. The number of carbonyl (C=O) groups is 1. The summed E-state index contributed by atoms with van der Waals surface area (Å²) in [6.45, 7) is 3.58. The maximum atomic E-state index is 13.0. The Morgan fingerprint density at radius 3 is 2.52 bits per heavy atom. The van der Waals surface area contributed by atoms with Crippen LogP contribution < -0.4 is 10.9 Å². The van der Waals surface area contributed by atoms with Crippen molar-refractivity contribution in [3.63, 3.8) is 0 Å². The van der Waals surface area contributed by atoms with E-state index in [1.807, 2.05) is 18.2 Å². The zero-order chi connectivity index (χ0) is 23.1. The molecule has 0 bridgehead atoms. The first-order valence-electron chi connectivity index (χ1n) is 10.3. The molecule has 0 atom stereocenters. The minimum absolute atomic E-state index is 0.156. The van der Waals surface area contributed by atoms with Crippen molar-refractivity contribution in [1.29, 1.82) is 0 Å². The molecule has 164 valence electrons. The van der Waals surface area contributed by atoms with Gasteiger partial charge in [-0.2, -0.15) is 5.10 Å². The third kappa shape index (κ3) is 3.59. The summed E-state index contributed by atoms with van der Waals surface area (Å²) in [4.78, 5) is 34.7. The van der Waals surface area contributed by atoms with Crippen LogP contribution in [0.2, 0.25) is 0 Å². The van der Waals surface area contributed by atoms with Crippen molar-refractivity contribution in [3.05, 3.63) is 88.4 Å². The second kappa shape index (κ2) is 7.86. The number of para-hydroxylation sites is 1. The van der Waals surface area contributed by atoms with Gasteiger partial charge in [-0.1, -0.05) is 12.1 Å². The van der Waals surface area contributed by atoms with Crippen LogP contribution in [0, 0.1) is 13.8 Å². The van der Waals surface area contributed by atoms with E-state index in [2.05, 4.69) is 20.4 Å². The number of benzene rings is 2. The van der Waals surface area contributed by atoms with Crippen molar-refractivity contribution in [2.45, 2.75) is 13.8 Å². The second-order valence-electron chi connectivity index (χ2n) is 7.62. The highest BCUT2D eigenvalue weighted by molar-refractivity contribution is 6.05. The first-order valence-corrected chi connectivity index (χ1v) is 10.3. The maximum Gasteiger partial charge on any atom is 0.265 e. The van der Waals surface area contributed by atoms with E-state index < -0.39 is 0 Å². The molecule has 0 saturated heterocycles. The number of aryl methyl sites for hydroxylation is 3. The molecule has 0 spiro atoms. The van der Waals surface area contributed by atoms with Crippen LogP contribution in [-0.4, -0.2) is 30.2 Å². The van der Waals surface area contributed by atoms with Gasteiger partial charge in [0.05, 0.1) is 34.5 Å². The van der Waals surface area contributed by atoms with Gasteiger partial charge in [-0.25, -0.2) is 9.97 Å². The number of hydrogen-bond donors (Lipinski definition) is 1. The first-order chi connectivity index (χ1) is 15.9. The Morgan fingerprint density at radius 2 is 1.79 bits per heavy atom. The molecule has 0 saturated carbocycles. The van der Waals surface area contributed by atoms with Crippen molar-refractivity contribution < 1.29 is 9.21 Å². The van der Waals surface area contributed by atoms with Crippen molar-refractivity contribution in [2.75, 3.05) is 5.32 Å². The number of oxazole rings is 1. The molecule has 0 fully saturated rings. The van der Waals surface area contributed by atoms with E-state index in [-0.39, 0.29) is 11.5 Å². The van der Waals surface area contributed by atoms with Gasteiger partial charge in [-0.15, -0.1) is 0 Å². The Kier molecular flexibility index (Phi) is 4.86. The van der Waals surface area contributed by atoms with E-state index in [9.17, 15) is 9.59 Å². The lowest BCUT2D eigenvalue weighted by molar-refractivity contribution is 0.102. The molecule has 0 aliphatic rings. The molecule has 3 aromatic heterocycles. The van der Waals surface area contributed by atoms with Crippen LogP contribution >= 0.6 is 0 Å². The largest absolute Gasteiger partial charge is 0.441 e. The molecule has 3 heterocycles. The van der Waals surface area contributed by atoms with Gasteiger partial charge in [-0.3, -0.25) is 18.8 Å². The average molecular weight is 440 g/mol. The second-order valence-corrected chi connectivity index (χ2v) is 7.62. The van der Waals surface area contributed by atoms with Gasteiger partial charge >= 0.3 is 0 Å². The number of carbonyl (C=O) groups excluding carboxylic acids is 1. The molecule has 33 heavy (non-hydrogen) atoms. The molecule has 0 unspecified atom stereocenters. The maximum absolute atomic E-state index is 13.0. The molecule has 5 rings (SSSR count). The molecule has 0 aliphatic heterocycles. The Balaban J connectivity index is 1.45. The van der Waals surface area contributed by atoms with Gasteiger partial charge in [0.15, 0.2) is 0 Å². The summed E-state index contributed by atoms with van der Waals surface area (Å²) in [6.07, 6.45) is 3.20. The fraction of sp³-hybridized carbons (Fsp3) is 0.125. The molecule has 9 heteroatoms. The highest BCUT2D eigenvalue weighted by Gasteiger charge is 2.18. The van der Waals surface area contributed by atoms with Crippen molar-refractivity contribution in [2.24, 2.45) is 7.05 Å². The molecular formula is C24H20N6O3. The third-order valence-electron chi connectivity index (χ3n) is 5.35. The van der Waals surface area contributed by atoms with Gasteiger partial charge in [0.25, 0.3) is 11.5 Å². The van der Waals surface area contributed by atoms with Crippen LogP contribution in [0.3, 0.4) is 0 Å². The summed E-state index contributed by atoms with van der Waals surface area (Å²) in [6, 6.07) is 14.0. The predicted molar refractivity (Wildman–Crippen MR) is 123 cm³/mol. The number of rotatable bonds is 4. The number of aromatic nitrogens is 5. The summed E-state index contributed by atoms with van der Waals surface area (Å²) < 4.78 is 8.66. The number of fused-ring (bicyclic) bond motifs is 1. The van der Waals surface area contributed by atoms with E-state index in [4.69, 9.17) is 4.42 Å². The minimum atomic E-state index is -0.324. The van der Waals surface area contributed by atoms with E-state index in [0.717, 1.165) is 0 Å². The molecule has 2 aromatic carbocycles. The first kappa shape index (κ1) is 20.4. The number of anilines is 1. The van der Waals surface area contributed by atoms with Gasteiger partial charge < -0.3 is 9.73 Å². The zero-order valence-electron chi connectivity index (χ0n) is 18.2. The lowest BCUT2D eigenvalue weighted by Crippen LogP contribution is -2.22. The number of nitrogens with zero attached hydrogens (tertiary/aromatic N) is 5. The standard InChI is InChI=1S/C24H20N6O3/c1-14-12-25-23(33-14)19-13-26-29(3)21(19)28-22(31)16-8-10-17(11-9-16)30-15(2)27-20-7-5-4-6-18(20)24(30)32/h4-13H,1-3H3,(H,28,31). The molecule has 9 nitrogen and oxygen atoms in total. The fourth-order valence-electron chi connectivity index (χ4n) is 3.71. The van der Waals surface area contributed by atoms with Crippen LogP contribution in [0.4, 0.5) is 5.82 Å². The van der Waals surface area contributed by atoms with E-state index in [0.29, 0.717) is 51.0 Å². The van der Waals surface area contributed by atoms with Gasteiger partial charge in [0.1, 0.15) is 17.4 Å². The predicted octanol–water partition coefficient (Wildman–Crippen LogP) is 3.64. The summed E-state index contributed by atoms with van der Waals surface area (Å²) in [5.41, 5.74) is 2.13. The molecule has 0 radical (unpaired) electrons. The number of amides is 1. The van der Waals surface area contributed by atoms with Gasteiger partial charge in [-0.05, 0) is 50.2 Å². The Morgan fingerprint density at radius 1 is 1.03 bits per heavy atom. The Bertz CT molecular complexity index is 1560. The van der Waals surface area contributed by atoms with Crippen molar-refractivity contribution in [1.82, 2.24) is 24.3 Å². The third-order valence-corrected chi connectivity index (χ3v) is 5.35. The highest BCUT2D eigenvalue weighted by Crippen LogP contribution is 2.27. The lowest BCUT2D eigenvalue weighted by atomic mass is 10.1. The summed E-state index contributed by atoms with van der Waals surface area (Å²) in [7, 11) is 1.72. The minimum Gasteiger partial charge on any atom is -0.441 e. The Hall–Kier alpha value is -4.53. The van der Waals surface area contributed by atoms with Gasteiger partial charge in [0.2, 0.25) is 5.89 Å². The topological polar surface area (TPSA) is 108 Å². The zero-order valence-corrected chi connectivity index (χ0v) is 18.2.